The highest BCUT2D eigenvalue weighted by atomic mass is 16.5. The van der Waals surface area contributed by atoms with Crippen LogP contribution in [0.15, 0.2) is 18.2 Å². The van der Waals surface area contributed by atoms with E-state index in [2.05, 4.69) is 26.0 Å². The molecule has 0 radical (unpaired) electrons. The van der Waals surface area contributed by atoms with Gasteiger partial charge in [-0.15, -0.1) is 0 Å². The van der Waals surface area contributed by atoms with Gasteiger partial charge in [0.15, 0.2) is 11.5 Å². The van der Waals surface area contributed by atoms with Gasteiger partial charge in [-0.1, -0.05) is 19.9 Å². The predicted octanol–water partition coefficient (Wildman–Crippen LogP) is 3.73. The maximum Gasteiger partial charge on any atom is 0.161 e. The fourth-order valence-corrected chi connectivity index (χ4v) is 3.22. The summed E-state index contributed by atoms with van der Waals surface area (Å²) in [4.78, 5) is 0. The molecule has 2 rings (SSSR count). The Kier molecular flexibility index (Phi) is 6.31. The van der Waals surface area contributed by atoms with Crippen molar-refractivity contribution in [2.75, 3.05) is 27.4 Å². The van der Waals surface area contributed by atoms with Crippen LogP contribution in [0.2, 0.25) is 0 Å². The Morgan fingerprint density at radius 3 is 2.61 bits per heavy atom. The van der Waals surface area contributed by atoms with Crippen LogP contribution in [0.5, 0.6) is 11.5 Å². The Labute approximate surface area is 140 Å². The number of nitrogens with two attached hydrogens (primary N) is 1. The van der Waals surface area contributed by atoms with E-state index in [0.29, 0.717) is 19.1 Å². The Morgan fingerprint density at radius 2 is 1.96 bits per heavy atom. The monoisotopic (exact) mass is 321 g/mol. The van der Waals surface area contributed by atoms with Crippen molar-refractivity contribution in [3.05, 3.63) is 23.8 Å². The second-order valence-electron chi connectivity index (χ2n) is 7.17. The first kappa shape index (κ1) is 18.1. The van der Waals surface area contributed by atoms with E-state index in [0.717, 1.165) is 30.8 Å². The average molecular weight is 321 g/mol. The van der Waals surface area contributed by atoms with Crippen LogP contribution in [0.1, 0.15) is 51.0 Å². The normalized spacial score (nSPS) is 23.5. The van der Waals surface area contributed by atoms with Crippen molar-refractivity contribution in [2.45, 2.75) is 51.5 Å². The summed E-state index contributed by atoms with van der Waals surface area (Å²) in [7, 11) is 3.38. The molecular formula is C19H31NO3. The number of ether oxygens (including phenoxy) is 3. The van der Waals surface area contributed by atoms with Gasteiger partial charge in [-0.3, -0.25) is 0 Å². The maximum atomic E-state index is 6.38. The van der Waals surface area contributed by atoms with E-state index < -0.39 is 0 Å². The van der Waals surface area contributed by atoms with Crippen molar-refractivity contribution >= 4 is 0 Å². The van der Waals surface area contributed by atoms with E-state index in [1.807, 2.05) is 6.07 Å². The maximum absolute atomic E-state index is 6.38. The highest BCUT2D eigenvalue weighted by molar-refractivity contribution is 5.44. The van der Waals surface area contributed by atoms with Crippen LogP contribution in [-0.2, 0) is 4.74 Å². The molecule has 2 N–H and O–H groups in total. The van der Waals surface area contributed by atoms with Crippen LogP contribution >= 0.6 is 0 Å². The molecule has 130 valence electrons. The van der Waals surface area contributed by atoms with Gasteiger partial charge in [-0.2, -0.15) is 0 Å². The topological polar surface area (TPSA) is 53.7 Å². The molecule has 23 heavy (non-hydrogen) atoms. The summed E-state index contributed by atoms with van der Waals surface area (Å²) in [5, 5.41) is 0. The highest BCUT2D eigenvalue weighted by Crippen LogP contribution is 2.43. The van der Waals surface area contributed by atoms with Crippen LogP contribution in [0.3, 0.4) is 0 Å². The third-order valence-corrected chi connectivity index (χ3v) is 5.09. The van der Waals surface area contributed by atoms with E-state index in [1.165, 1.54) is 12.0 Å². The minimum atomic E-state index is 0.239. The van der Waals surface area contributed by atoms with Crippen molar-refractivity contribution in [1.29, 1.82) is 0 Å². The molecule has 1 saturated carbocycles. The Hall–Kier alpha value is -1.26. The molecular weight excluding hydrogens is 290 g/mol. The lowest BCUT2D eigenvalue weighted by Crippen LogP contribution is -2.42. The average Bonchev–Trinajstić information content (AvgIpc) is 2.54. The molecule has 1 aromatic carbocycles. The lowest BCUT2D eigenvalue weighted by molar-refractivity contribution is 0.170. The molecule has 0 spiro atoms. The van der Waals surface area contributed by atoms with Crippen LogP contribution in [0.4, 0.5) is 0 Å². The number of hydrogen-bond acceptors (Lipinski definition) is 4. The Balaban J connectivity index is 2.08. The van der Waals surface area contributed by atoms with Gasteiger partial charge in [0.05, 0.1) is 13.7 Å². The fourth-order valence-electron chi connectivity index (χ4n) is 3.22. The molecule has 1 aromatic rings. The van der Waals surface area contributed by atoms with Crippen LogP contribution in [0.25, 0.3) is 0 Å². The van der Waals surface area contributed by atoms with Gasteiger partial charge in [-0.25, -0.2) is 0 Å². The second-order valence-corrected chi connectivity index (χ2v) is 7.17. The molecule has 0 aliphatic heterocycles. The molecule has 4 heteroatoms. The van der Waals surface area contributed by atoms with Gasteiger partial charge < -0.3 is 19.9 Å². The van der Waals surface area contributed by atoms with Crippen LogP contribution in [-0.4, -0.2) is 33.5 Å². The number of rotatable bonds is 7. The van der Waals surface area contributed by atoms with Gasteiger partial charge >= 0.3 is 0 Å². The van der Waals surface area contributed by atoms with E-state index in [1.54, 1.807) is 14.2 Å². The van der Waals surface area contributed by atoms with Crippen molar-refractivity contribution < 1.29 is 14.2 Å². The molecule has 0 heterocycles. The van der Waals surface area contributed by atoms with Gasteiger partial charge in [0, 0.05) is 26.2 Å². The lowest BCUT2D eigenvalue weighted by Gasteiger charge is -2.40. The minimum Gasteiger partial charge on any atom is -0.493 e. The summed E-state index contributed by atoms with van der Waals surface area (Å²) in [5.74, 6) is 2.11. The number of benzene rings is 1. The van der Waals surface area contributed by atoms with Gasteiger partial charge in [0.25, 0.3) is 0 Å². The summed E-state index contributed by atoms with van der Waals surface area (Å²) < 4.78 is 16.4. The summed E-state index contributed by atoms with van der Waals surface area (Å²) in [6.45, 7) is 5.87. The molecule has 0 saturated heterocycles. The van der Waals surface area contributed by atoms with Gasteiger partial charge in [0.1, 0.15) is 0 Å². The molecule has 0 aromatic heterocycles. The fraction of sp³-hybridized carbons (Fsp3) is 0.684. The zero-order valence-electron chi connectivity index (χ0n) is 14.9. The number of methoxy groups -OCH3 is 2. The number of hydrogen-bond donors (Lipinski definition) is 1. The van der Waals surface area contributed by atoms with Crippen LogP contribution < -0.4 is 15.2 Å². The highest BCUT2D eigenvalue weighted by Gasteiger charge is 2.34. The first-order valence-electron chi connectivity index (χ1n) is 8.53. The van der Waals surface area contributed by atoms with Crippen molar-refractivity contribution in [3.8, 4) is 11.5 Å². The van der Waals surface area contributed by atoms with Crippen molar-refractivity contribution in [2.24, 2.45) is 11.1 Å². The van der Waals surface area contributed by atoms with Crippen molar-refractivity contribution in [3.63, 3.8) is 0 Å². The molecule has 0 bridgehead atoms. The molecule has 1 aliphatic rings. The zero-order chi connectivity index (χ0) is 16.9. The molecule has 0 amide bonds. The third kappa shape index (κ3) is 4.61. The summed E-state index contributed by atoms with van der Waals surface area (Å²) in [6.07, 6.45) is 4.24. The summed E-state index contributed by atoms with van der Waals surface area (Å²) in [5.41, 5.74) is 7.92. The quantitative estimate of drug-likeness (QED) is 0.778. The van der Waals surface area contributed by atoms with E-state index >= 15 is 0 Å². The molecule has 2 atom stereocenters. The van der Waals surface area contributed by atoms with Gasteiger partial charge in [-0.05, 0) is 48.3 Å². The largest absolute Gasteiger partial charge is 0.493 e. The predicted molar refractivity (Wildman–Crippen MR) is 93.3 cm³/mol. The SMILES string of the molecule is COCCCOc1cc(C2CCC(C)(C)C(N)C2)ccc1OC. The molecule has 2 unspecified atom stereocenters. The lowest BCUT2D eigenvalue weighted by atomic mass is 9.68. The Bertz CT molecular complexity index is 501. The van der Waals surface area contributed by atoms with Gasteiger partial charge in [0.2, 0.25) is 0 Å². The summed E-state index contributed by atoms with van der Waals surface area (Å²) >= 11 is 0. The van der Waals surface area contributed by atoms with Crippen LogP contribution in [0, 0.1) is 5.41 Å². The Morgan fingerprint density at radius 1 is 1.17 bits per heavy atom. The smallest absolute Gasteiger partial charge is 0.161 e. The first-order chi connectivity index (χ1) is 11.0. The first-order valence-corrected chi connectivity index (χ1v) is 8.53. The third-order valence-electron chi connectivity index (χ3n) is 5.09. The minimum absolute atomic E-state index is 0.239. The zero-order valence-corrected chi connectivity index (χ0v) is 14.9. The van der Waals surface area contributed by atoms with E-state index in [4.69, 9.17) is 19.9 Å². The second kappa shape index (κ2) is 8.02. The molecule has 4 nitrogen and oxygen atoms in total. The van der Waals surface area contributed by atoms with E-state index in [9.17, 15) is 0 Å². The van der Waals surface area contributed by atoms with Crippen molar-refractivity contribution in [1.82, 2.24) is 0 Å². The standard InChI is InChI=1S/C19H31NO3/c1-19(2)9-8-15(13-18(19)20)14-6-7-16(22-4)17(12-14)23-11-5-10-21-3/h6-7,12,15,18H,5,8-11,13,20H2,1-4H3. The summed E-state index contributed by atoms with van der Waals surface area (Å²) in [6, 6.07) is 6.53. The van der Waals surface area contributed by atoms with E-state index in [-0.39, 0.29) is 11.5 Å². The molecule has 1 aliphatic carbocycles. The molecule has 1 fully saturated rings.